The van der Waals surface area contributed by atoms with Crippen LogP contribution >= 0.6 is 15.9 Å². The van der Waals surface area contributed by atoms with Crippen molar-refractivity contribution in [2.24, 2.45) is 0 Å². The molecule has 0 bridgehead atoms. The predicted octanol–water partition coefficient (Wildman–Crippen LogP) is 3.78. The Balaban J connectivity index is 2.01. The van der Waals surface area contributed by atoms with E-state index in [-0.39, 0.29) is 11.3 Å². The van der Waals surface area contributed by atoms with Crippen molar-refractivity contribution < 1.29 is 23.5 Å². The number of esters is 1. The zero-order valence-corrected chi connectivity index (χ0v) is 14.6. The summed E-state index contributed by atoms with van der Waals surface area (Å²) in [6.07, 6.45) is -1.09. The summed E-state index contributed by atoms with van der Waals surface area (Å²) in [5.41, 5.74) is 0.283. The average Bonchev–Trinajstić information content (AvgIpc) is 2.54. The molecule has 7 heteroatoms. The standard InChI is InChI=1S/C17H15BrFNO4/c1-10(16(21)20-12-5-3-4-11(18)8-12)24-17(22)14-7-6-13(23-2)9-15(14)19/h3-10H,1-2H3,(H,20,21)/t10-/m0/s1. The maximum Gasteiger partial charge on any atom is 0.341 e. The van der Waals surface area contributed by atoms with Crippen LogP contribution in [0.3, 0.4) is 0 Å². The highest BCUT2D eigenvalue weighted by molar-refractivity contribution is 9.10. The van der Waals surface area contributed by atoms with Crippen LogP contribution in [0.4, 0.5) is 10.1 Å². The van der Waals surface area contributed by atoms with Crippen molar-refractivity contribution in [1.82, 2.24) is 0 Å². The first-order valence-electron chi connectivity index (χ1n) is 7.01. The van der Waals surface area contributed by atoms with Gasteiger partial charge in [-0.15, -0.1) is 0 Å². The monoisotopic (exact) mass is 395 g/mol. The lowest BCUT2D eigenvalue weighted by Gasteiger charge is -2.14. The molecule has 0 heterocycles. The molecule has 1 N–H and O–H groups in total. The first-order chi connectivity index (χ1) is 11.4. The normalized spacial score (nSPS) is 11.5. The first kappa shape index (κ1) is 17.9. The lowest BCUT2D eigenvalue weighted by atomic mass is 10.2. The molecule has 126 valence electrons. The molecule has 0 spiro atoms. The van der Waals surface area contributed by atoms with E-state index in [2.05, 4.69) is 21.2 Å². The van der Waals surface area contributed by atoms with Crippen molar-refractivity contribution in [1.29, 1.82) is 0 Å². The molecule has 0 fully saturated rings. The zero-order valence-electron chi connectivity index (χ0n) is 13.0. The van der Waals surface area contributed by atoms with E-state index >= 15 is 0 Å². The summed E-state index contributed by atoms with van der Waals surface area (Å²) >= 11 is 3.29. The number of rotatable bonds is 5. The second-order valence-electron chi connectivity index (χ2n) is 4.89. The Bertz CT molecular complexity index is 766. The zero-order chi connectivity index (χ0) is 17.7. The molecule has 1 atom stereocenters. The number of amides is 1. The minimum atomic E-state index is -1.09. The van der Waals surface area contributed by atoms with E-state index in [0.717, 1.165) is 10.5 Å². The summed E-state index contributed by atoms with van der Waals surface area (Å²) in [4.78, 5) is 24.1. The van der Waals surface area contributed by atoms with E-state index in [1.807, 2.05) is 6.07 Å². The largest absolute Gasteiger partial charge is 0.497 e. The number of carbonyl (C=O) groups excluding carboxylic acids is 2. The number of carbonyl (C=O) groups is 2. The third kappa shape index (κ3) is 4.55. The van der Waals surface area contributed by atoms with Gasteiger partial charge in [-0.2, -0.15) is 0 Å². The maximum atomic E-state index is 13.8. The minimum absolute atomic E-state index is 0.266. The quantitative estimate of drug-likeness (QED) is 0.782. The predicted molar refractivity (Wildman–Crippen MR) is 90.6 cm³/mol. The fourth-order valence-corrected chi connectivity index (χ4v) is 2.28. The van der Waals surface area contributed by atoms with Crippen LogP contribution in [0.5, 0.6) is 5.75 Å². The first-order valence-corrected chi connectivity index (χ1v) is 7.81. The van der Waals surface area contributed by atoms with Gasteiger partial charge < -0.3 is 14.8 Å². The molecule has 0 radical (unpaired) electrons. The molecule has 0 saturated carbocycles. The Kier molecular flexibility index (Phi) is 5.92. The fourth-order valence-electron chi connectivity index (χ4n) is 1.88. The number of hydrogen-bond donors (Lipinski definition) is 1. The van der Waals surface area contributed by atoms with Gasteiger partial charge in [-0.05, 0) is 37.3 Å². The molecular weight excluding hydrogens is 381 g/mol. The molecule has 0 aliphatic heterocycles. The number of nitrogens with one attached hydrogen (secondary N) is 1. The summed E-state index contributed by atoms with van der Waals surface area (Å²) in [7, 11) is 1.39. The van der Waals surface area contributed by atoms with E-state index in [1.54, 1.807) is 18.2 Å². The number of benzene rings is 2. The van der Waals surface area contributed by atoms with Gasteiger partial charge in [-0.3, -0.25) is 4.79 Å². The molecule has 24 heavy (non-hydrogen) atoms. The third-order valence-electron chi connectivity index (χ3n) is 3.14. The molecule has 0 aliphatic rings. The second-order valence-corrected chi connectivity index (χ2v) is 5.81. The van der Waals surface area contributed by atoms with Gasteiger partial charge in [-0.1, -0.05) is 22.0 Å². The van der Waals surface area contributed by atoms with Gasteiger partial charge in [0.05, 0.1) is 12.7 Å². The maximum absolute atomic E-state index is 13.8. The van der Waals surface area contributed by atoms with Crippen LogP contribution in [-0.4, -0.2) is 25.1 Å². The second kappa shape index (κ2) is 7.92. The molecule has 0 aromatic heterocycles. The molecule has 2 rings (SSSR count). The number of hydrogen-bond acceptors (Lipinski definition) is 4. The molecule has 0 aliphatic carbocycles. The highest BCUT2D eigenvalue weighted by Crippen LogP contribution is 2.18. The van der Waals surface area contributed by atoms with Gasteiger partial charge in [0.2, 0.25) is 0 Å². The smallest absolute Gasteiger partial charge is 0.341 e. The van der Waals surface area contributed by atoms with Gasteiger partial charge in [0.25, 0.3) is 5.91 Å². The molecule has 0 saturated heterocycles. The Morgan fingerprint density at radius 1 is 1.21 bits per heavy atom. The van der Waals surface area contributed by atoms with Crippen LogP contribution in [0.25, 0.3) is 0 Å². The summed E-state index contributed by atoms with van der Waals surface area (Å²) in [6, 6.07) is 10.7. The van der Waals surface area contributed by atoms with Crippen molar-refractivity contribution in [2.45, 2.75) is 13.0 Å². The van der Waals surface area contributed by atoms with Gasteiger partial charge >= 0.3 is 5.97 Å². The Morgan fingerprint density at radius 3 is 2.58 bits per heavy atom. The number of halogens is 2. The molecule has 0 unspecified atom stereocenters. The van der Waals surface area contributed by atoms with Gasteiger partial charge in [0.1, 0.15) is 11.6 Å². The number of methoxy groups -OCH3 is 1. The van der Waals surface area contributed by atoms with Crippen LogP contribution < -0.4 is 10.1 Å². The summed E-state index contributed by atoms with van der Waals surface area (Å²) < 4.78 is 24.5. The number of ether oxygens (including phenoxy) is 2. The van der Waals surface area contributed by atoms with Gasteiger partial charge in [0.15, 0.2) is 6.10 Å². The van der Waals surface area contributed by atoms with Crippen LogP contribution in [-0.2, 0) is 9.53 Å². The van der Waals surface area contributed by atoms with E-state index in [0.29, 0.717) is 5.69 Å². The fraction of sp³-hybridized carbons (Fsp3) is 0.176. The minimum Gasteiger partial charge on any atom is -0.497 e. The van der Waals surface area contributed by atoms with E-state index < -0.39 is 23.8 Å². The SMILES string of the molecule is COc1ccc(C(=O)O[C@@H](C)C(=O)Nc2cccc(Br)c2)c(F)c1. The average molecular weight is 396 g/mol. The molecule has 2 aromatic carbocycles. The van der Waals surface area contributed by atoms with Crippen molar-refractivity contribution in [3.8, 4) is 5.75 Å². The Morgan fingerprint density at radius 2 is 1.96 bits per heavy atom. The highest BCUT2D eigenvalue weighted by Gasteiger charge is 2.21. The lowest BCUT2D eigenvalue weighted by Crippen LogP contribution is -2.30. The van der Waals surface area contributed by atoms with Crippen molar-refractivity contribution in [3.63, 3.8) is 0 Å². The topological polar surface area (TPSA) is 64.6 Å². The van der Waals surface area contributed by atoms with Crippen LogP contribution in [0.1, 0.15) is 17.3 Å². The summed E-state index contributed by atoms with van der Waals surface area (Å²) in [6.45, 7) is 1.41. The van der Waals surface area contributed by atoms with Crippen molar-refractivity contribution in [3.05, 3.63) is 58.3 Å². The highest BCUT2D eigenvalue weighted by atomic mass is 79.9. The van der Waals surface area contributed by atoms with Crippen LogP contribution in [0.2, 0.25) is 0 Å². The Labute approximate surface area is 146 Å². The molecule has 2 aromatic rings. The number of anilines is 1. The third-order valence-corrected chi connectivity index (χ3v) is 3.63. The van der Waals surface area contributed by atoms with E-state index in [9.17, 15) is 14.0 Å². The molecular formula is C17H15BrFNO4. The molecule has 5 nitrogen and oxygen atoms in total. The van der Waals surface area contributed by atoms with Crippen molar-refractivity contribution in [2.75, 3.05) is 12.4 Å². The summed E-state index contributed by atoms with van der Waals surface area (Å²) in [5.74, 6) is -1.94. The van der Waals surface area contributed by atoms with Crippen LogP contribution in [0, 0.1) is 5.82 Å². The molecule has 1 amide bonds. The van der Waals surface area contributed by atoms with Crippen molar-refractivity contribution >= 4 is 33.5 Å². The Hall–Kier alpha value is -2.41. The lowest BCUT2D eigenvalue weighted by molar-refractivity contribution is -0.123. The van der Waals surface area contributed by atoms with E-state index in [1.165, 1.54) is 26.2 Å². The van der Waals surface area contributed by atoms with Gasteiger partial charge in [0, 0.05) is 16.2 Å². The van der Waals surface area contributed by atoms with Crippen LogP contribution in [0.15, 0.2) is 46.9 Å². The van der Waals surface area contributed by atoms with Gasteiger partial charge in [-0.25, -0.2) is 9.18 Å². The summed E-state index contributed by atoms with van der Waals surface area (Å²) in [5, 5.41) is 2.61. The van der Waals surface area contributed by atoms with E-state index in [4.69, 9.17) is 9.47 Å².